The van der Waals surface area contributed by atoms with Crippen LogP contribution in [0.2, 0.25) is 0 Å². The van der Waals surface area contributed by atoms with Crippen molar-refractivity contribution in [3.63, 3.8) is 0 Å². The molecule has 0 atom stereocenters. The van der Waals surface area contributed by atoms with Gasteiger partial charge in [0, 0.05) is 31.5 Å². The lowest BCUT2D eigenvalue weighted by Gasteiger charge is -2.23. The minimum atomic E-state index is 0.623. The van der Waals surface area contributed by atoms with Gasteiger partial charge in [-0.2, -0.15) is 0 Å². The second-order valence-electron chi connectivity index (χ2n) is 4.88. The first-order valence-corrected chi connectivity index (χ1v) is 7.58. The SMILES string of the molecule is COCCNC(=S)C=C1NCCc2cc(OC)c(OC)cc21. The van der Waals surface area contributed by atoms with Crippen LogP contribution in [0.4, 0.5) is 0 Å². The fourth-order valence-corrected chi connectivity index (χ4v) is 2.61. The fourth-order valence-electron chi connectivity index (χ4n) is 2.39. The lowest BCUT2D eigenvalue weighted by molar-refractivity contribution is 0.204. The summed E-state index contributed by atoms with van der Waals surface area (Å²) in [6.07, 6.45) is 2.88. The van der Waals surface area contributed by atoms with Gasteiger partial charge in [-0.25, -0.2) is 0 Å². The Labute approximate surface area is 136 Å². The summed E-state index contributed by atoms with van der Waals surface area (Å²) in [5.74, 6) is 1.47. The third-order valence-corrected chi connectivity index (χ3v) is 3.75. The van der Waals surface area contributed by atoms with Gasteiger partial charge in [-0.1, -0.05) is 12.2 Å². The van der Waals surface area contributed by atoms with Crippen molar-refractivity contribution >= 4 is 22.9 Å². The van der Waals surface area contributed by atoms with E-state index in [1.54, 1.807) is 21.3 Å². The molecule has 120 valence electrons. The van der Waals surface area contributed by atoms with Gasteiger partial charge in [-0.15, -0.1) is 0 Å². The van der Waals surface area contributed by atoms with Crippen LogP contribution >= 0.6 is 12.2 Å². The smallest absolute Gasteiger partial charge is 0.161 e. The number of fused-ring (bicyclic) bond motifs is 1. The first-order valence-electron chi connectivity index (χ1n) is 7.17. The van der Waals surface area contributed by atoms with E-state index >= 15 is 0 Å². The van der Waals surface area contributed by atoms with Crippen LogP contribution in [0.3, 0.4) is 0 Å². The third kappa shape index (κ3) is 3.90. The minimum Gasteiger partial charge on any atom is -0.493 e. The molecule has 0 spiro atoms. The Morgan fingerprint density at radius 2 is 2.00 bits per heavy atom. The quantitative estimate of drug-likeness (QED) is 0.473. The van der Waals surface area contributed by atoms with Crippen LogP contribution in [0.25, 0.3) is 5.70 Å². The molecule has 0 unspecified atom stereocenters. The van der Waals surface area contributed by atoms with Crippen LogP contribution in [-0.4, -0.2) is 46.0 Å². The molecule has 2 N–H and O–H groups in total. The van der Waals surface area contributed by atoms with Crippen molar-refractivity contribution in [3.8, 4) is 11.5 Å². The van der Waals surface area contributed by atoms with E-state index in [-0.39, 0.29) is 0 Å². The number of methoxy groups -OCH3 is 3. The first kappa shape index (κ1) is 16.6. The maximum Gasteiger partial charge on any atom is 0.161 e. The average molecular weight is 322 g/mol. The highest BCUT2D eigenvalue weighted by Gasteiger charge is 2.18. The summed E-state index contributed by atoms with van der Waals surface area (Å²) in [7, 11) is 4.96. The molecule has 0 aliphatic carbocycles. The molecule has 6 heteroatoms. The minimum absolute atomic E-state index is 0.623. The van der Waals surface area contributed by atoms with Gasteiger partial charge in [0.1, 0.15) is 4.99 Å². The van der Waals surface area contributed by atoms with Crippen molar-refractivity contribution in [1.29, 1.82) is 0 Å². The summed E-state index contributed by atoms with van der Waals surface area (Å²) in [6, 6.07) is 4.02. The summed E-state index contributed by atoms with van der Waals surface area (Å²) in [5.41, 5.74) is 3.32. The Balaban J connectivity index is 2.25. The normalized spacial score (nSPS) is 15.0. The summed E-state index contributed by atoms with van der Waals surface area (Å²) in [4.78, 5) is 0.683. The molecule has 22 heavy (non-hydrogen) atoms. The molecule has 0 radical (unpaired) electrons. The number of thiocarbonyl (C=S) groups is 1. The Bertz CT molecular complexity index is 573. The van der Waals surface area contributed by atoms with E-state index in [0.717, 1.165) is 30.0 Å². The van der Waals surface area contributed by atoms with E-state index < -0.39 is 0 Å². The molecule has 0 fully saturated rings. The number of rotatable bonds is 6. The van der Waals surface area contributed by atoms with Crippen molar-refractivity contribution in [2.24, 2.45) is 0 Å². The Kier molecular flexibility index (Phi) is 6.03. The molecule has 1 aromatic carbocycles. The van der Waals surface area contributed by atoms with Gasteiger partial charge in [0.25, 0.3) is 0 Å². The zero-order valence-corrected chi connectivity index (χ0v) is 14.0. The summed E-state index contributed by atoms with van der Waals surface area (Å²) in [6.45, 7) is 2.19. The monoisotopic (exact) mass is 322 g/mol. The molecule has 1 aromatic rings. The zero-order chi connectivity index (χ0) is 15.9. The van der Waals surface area contributed by atoms with Gasteiger partial charge in [-0.05, 0) is 30.2 Å². The number of benzene rings is 1. The van der Waals surface area contributed by atoms with E-state index in [1.165, 1.54) is 5.56 Å². The molecule has 0 bridgehead atoms. The number of hydrogen-bond donors (Lipinski definition) is 2. The van der Waals surface area contributed by atoms with E-state index in [1.807, 2.05) is 18.2 Å². The van der Waals surface area contributed by atoms with E-state index in [4.69, 9.17) is 26.4 Å². The topological polar surface area (TPSA) is 51.8 Å². The molecule has 0 aromatic heterocycles. The van der Waals surface area contributed by atoms with Gasteiger partial charge >= 0.3 is 0 Å². The third-order valence-electron chi connectivity index (χ3n) is 3.49. The maximum atomic E-state index is 5.39. The van der Waals surface area contributed by atoms with Crippen molar-refractivity contribution in [2.75, 3.05) is 41.0 Å². The fraction of sp³-hybridized carbons (Fsp3) is 0.438. The average Bonchev–Trinajstić information content (AvgIpc) is 2.54. The molecular formula is C16H22N2O3S. The van der Waals surface area contributed by atoms with Crippen molar-refractivity contribution in [3.05, 3.63) is 29.3 Å². The molecule has 1 aliphatic rings. The van der Waals surface area contributed by atoms with Gasteiger partial charge in [0.15, 0.2) is 11.5 Å². The predicted molar refractivity (Wildman–Crippen MR) is 91.7 cm³/mol. The molecule has 0 amide bonds. The van der Waals surface area contributed by atoms with Crippen molar-refractivity contribution in [2.45, 2.75) is 6.42 Å². The zero-order valence-electron chi connectivity index (χ0n) is 13.2. The highest BCUT2D eigenvalue weighted by atomic mass is 32.1. The molecule has 1 heterocycles. The van der Waals surface area contributed by atoms with Gasteiger partial charge < -0.3 is 24.8 Å². The highest BCUT2D eigenvalue weighted by molar-refractivity contribution is 7.80. The lowest BCUT2D eigenvalue weighted by atomic mass is 9.97. The standard InChI is InChI=1S/C16H22N2O3S/c1-19-7-6-18-16(22)10-13-12-9-15(21-3)14(20-2)8-11(12)4-5-17-13/h8-10,17H,4-7H2,1-3H3,(H,18,22). The molecule has 0 saturated carbocycles. The second kappa shape index (κ2) is 8.00. The summed E-state index contributed by atoms with van der Waals surface area (Å²) in [5, 5.41) is 6.54. The van der Waals surface area contributed by atoms with Crippen molar-refractivity contribution in [1.82, 2.24) is 10.6 Å². The maximum absolute atomic E-state index is 5.39. The number of ether oxygens (including phenoxy) is 3. The molecule has 2 rings (SSSR count). The van der Waals surface area contributed by atoms with Crippen LogP contribution in [0.15, 0.2) is 18.2 Å². The van der Waals surface area contributed by atoms with Crippen LogP contribution in [-0.2, 0) is 11.2 Å². The van der Waals surface area contributed by atoms with E-state index in [9.17, 15) is 0 Å². The van der Waals surface area contributed by atoms with Crippen LogP contribution in [0, 0.1) is 0 Å². The Hall–Kier alpha value is -1.79. The first-order chi connectivity index (χ1) is 10.7. The Morgan fingerprint density at radius 3 is 2.68 bits per heavy atom. The predicted octanol–water partition coefficient (Wildman–Crippen LogP) is 1.75. The summed E-state index contributed by atoms with van der Waals surface area (Å²) < 4.78 is 15.8. The van der Waals surface area contributed by atoms with Crippen LogP contribution < -0.4 is 20.1 Å². The van der Waals surface area contributed by atoms with Gasteiger partial charge in [0.2, 0.25) is 0 Å². The molecule has 1 aliphatic heterocycles. The second-order valence-corrected chi connectivity index (χ2v) is 5.32. The van der Waals surface area contributed by atoms with Crippen LogP contribution in [0.1, 0.15) is 11.1 Å². The van der Waals surface area contributed by atoms with Crippen LogP contribution in [0.5, 0.6) is 11.5 Å². The van der Waals surface area contributed by atoms with Crippen molar-refractivity contribution < 1.29 is 14.2 Å². The Morgan fingerprint density at radius 1 is 1.27 bits per heavy atom. The lowest BCUT2D eigenvalue weighted by Crippen LogP contribution is -2.27. The highest BCUT2D eigenvalue weighted by Crippen LogP contribution is 2.34. The largest absolute Gasteiger partial charge is 0.493 e. The number of nitrogens with one attached hydrogen (secondary N) is 2. The van der Waals surface area contributed by atoms with Gasteiger partial charge in [0.05, 0.1) is 20.8 Å². The molecule has 0 saturated heterocycles. The summed E-state index contributed by atoms with van der Waals surface area (Å²) >= 11 is 5.35. The molecular weight excluding hydrogens is 300 g/mol. The van der Waals surface area contributed by atoms with Gasteiger partial charge in [-0.3, -0.25) is 0 Å². The van der Waals surface area contributed by atoms with E-state index in [2.05, 4.69) is 10.6 Å². The van der Waals surface area contributed by atoms with E-state index in [0.29, 0.717) is 23.9 Å². The molecule has 5 nitrogen and oxygen atoms in total. The number of hydrogen-bond acceptors (Lipinski definition) is 5.